The molecular weight excluding hydrogens is 497 g/mol. The van der Waals surface area contributed by atoms with Gasteiger partial charge in [-0.2, -0.15) is 8.78 Å². The number of hydrogen-bond acceptors (Lipinski definition) is 4. The van der Waals surface area contributed by atoms with E-state index < -0.39 is 6.61 Å². The van der Waals surface area contributed by atoms with E-state index in [1.54, 1.807) is 19.2 Å². The summed E-state index contributed by atoms with van der Waals surface area (Å²) in [6.07, 6.45) is 5.54. The normalized spacial score (nSPS) is 14.7. The van der Waals surface area contributed by atoms with Gasteiger partial charge in [-0.05, 0) is 31.0 Å². The zero-order valence-corrected chi connectivity index (χ0v) is 19.0. The lowest BCUT2D eigenvalue weighted by Gasteiger charge is -2.23. The highest BCUT2D eigenvalue weighted by Crippen LogP contribution is 2.25. The molecule has 1 amide bonds. The Morgan fingerprint density at radius 3 is 2.59 bits per heavy atom. The van der Waals surface area contributed by atoms with Crippen molar-refractivity contribution in [2.45, 2.75) is 51.3 Å². The van der Waals surface area contributed by atoms with E-state index in [4.69, 9.17) is 4.74 Å². The number of alkyl halides is 2. The molecule has 0 aliphatic heterocycles. The van der Waals surface area contributed by atoms with Crippen LogP contribution in [0.15, 0.2) is 23.2 Å². The molecule has 0 saturated heterocycles. The van der Waals surface area contributed by atoms with Crippen LogP contribution < -0.4 is 25.4 Å². The number of aliphatic imine (C=N–C) groups is 1. The number of guanidine groups is 1. The van der Waals surface area contributed by atoms with Crippen molar-refractivity contribution in [3.8, 4) is 11.5 Å². The number of ether oxygens (including phenoxy) is 2. The minimum atomic E-state index is -2.92. The van der Waals surface area contributed by atoms with Gasteiger partial charge in [0.25, 0.3) is 0 Å². The second-order valence-corrected chi connectivity index (χ2v) is 6.53. The molecular formula is C19H29F2IN4O3. The molecule has 0 spiro atoms. The molecule has 0 aromatic heterocycles. The third-order valence-electron chi connectivity index (χ3n) is 4.54. The number of hydrogen-bond donors (Lipinski definition) is 3. The smallest absolute Gasteiger partial charge is 0.387 e. The van der Waals surface area contributed by atoms with E-state index in [9.17, 15) is 13.6 Å². The minimum absolute atomic E-state index is 0. The Kier molecular flexibility index (Phi) is 11.6. The third-order valence-corrected chi connectivity index (χ3v) is 4.54. The average molecular weight is 526 g/mol. The minimum Gasteiger partial charge on any atom is -0.497 e. The number of rotatable bonds is 8. The van der Waals surface area contributed by atoms with Crippen molar-refractivity contribution in [3.63, 3.8) is 0 Å². The maximum Gasteiger partial charge on any atom is 0.387 e. The monoisotopic (exact) mass is 526 g/mol. The molecule has 1 fully saturated rings. The number of methoxy groups -OCH3 is 1. The van der Waals surface area contributed by atoms with Crippen LogP contribution in [0.5, 0.6) is 11.5 Å². The number of halogens is 3. The van der Waals surface area contributed by atoms with Gasteiger partial charge in [0.05, 0.1) is 13.7 Å². The summed E-state index contributed by atoms with van der Waals surface area (Å²) in [5, 5.41) is 8.93. The molecule has 10 heteroatoms. The molecule has 0 unspecified atom stereocenters. The second-order valence-electron chi connectivity index (χ2n) is 6.53. The van der Waals surface area contributed by atoms with Crippen LogP contribution in [-0.2, 0) is 11.3 Å². The van der Waals surface area contributed by atoms with Crippen LogP contribution in [0.25, 0.3) is 0 Å². The fourth-order valence-electron chi connectivity index (χ4n) is 3.12. The Hall–Kier alpha value is -1.85. The number of nitrogens with zero attached hydrogens (tertiary/aromatic N) is 1. The van der Waals surface area contributed by atoms with Gasteiger partial charge in [0.1, 0.15) is 11.5 Å². The SMILES string of the molecule is CN=C(NCC(=O)NC1CCCCC1)NCc1cc(OC)ccc1OC(F)F.I. The van der Waals surface area contributed by atoms with Gasteiger partial charge >= 0.3 is 6.61 Å². The van der Waals surface area contributed by atoms with Crippen molar-refractivity contribution in [1.82, 2.24) is 16.0 Å². The first-order chi connectivity index (χ1) is 13.5. The van der Waals surface area contributed by atoms with Crippen LogP contribution in [-0.4, -0.2) is 45.2 Å². The van der Waals surface area contributed by atoms with Crippen molar-refractivity contribution in [3.05, 3.63) is 23.8 Å². The lowest BCUT2D eigenvalue weighted by Crippen LogP contribution is -2.45. The van der Waals surface area contributed by atoms with Crippen LogP contribution in [0.4, 0.5) is 8.78 Å². The summed E-state index contributed by atoms with van der Waals surface area (Å²) in [5.74, 6) is 0.851. The summed E-state index contributed by atoms with van der Waals surface area (Å²) < 4.78 is 34.9. The Labute approximate surface area is 187 Å². The van der Waals surface area contributed by atoms with Gasteiger partial charge in [0.15, 0.2) is 5.96 Å². The van der Waals surface area contributed by atoms with Crippen LogP contribution in [0.3, 0.4) is 0 Å². The molecule has 1 aromatic carbocycles. The van der Waals surface area contributed by atoms with Crippen molar-refractivity contribution < 1.29 is 23.0 Å². The molecule has 29 heavy (non-hydrogen) atoms. The Bertz CT molecular complexity index is 671. The summed E-state index contributed by atoms with van der Waals surface area (Å²) in [6, 6.07) is 4.82. The first-order valence-electron chi connectivity index (χ1n) is 9.37. The predicted octanol–water partition coefficient (Wildman–Crippen LogP) is 3.03. The zero-order valence-electron chi connectivity index (χ0n) is 16.7. The van der Waals surface area contributed by atoms with E-state index in [1.807, 2.05) is 0 Å². The fourth-order valence-corrected chi connectivity index (χ4v) is 3.12. The van der Waals surface area contributed by atoms with Crippen LogP contribution in [0.2, 0.25) is 0 Å². The molecule has 0 heterocycles. The van der Waals surface area contributed by atoms with E-state index in [-0.39, 0.29) is 54.8 Å². The first-order valence-corrected chi connectivity index (χ1v) is 9.37. The van der Waals surface area contributed by atoms with E-state index in [0.29, 0.717) is 17.3 Å². The molecule has 1 saturated carbocycles. The van der Waals surface area contributed by atoms with Gasteiger partial charge in [0, 0.05) is 25.2 Å². The molecule has 0 bridgehead atoms. The number of nitrogens with one attached hydrogen (secondary N) is 3. The van der Waals surface area contributed by atoms with Crippen LogP contribution in [0, 0.1) is 0 Å². The Morgan fingerprint density at radius 1 is 1.24 bits per heavy atom. The standard InChI is InChI=1S/C19H28F2N4O3.HI/c1-22-19(24-12-17(26)25-14-6-4-3-5-7-14)23-11-13-10-15(27-2)8-9-16(13)28-18(20)21;/h8-10,14,18H,3-7,11-12H2,1-2H3,(H,25,26)(H2,22,23,24);1H. The highest BCUT2D eigenvalue weighted by atomic mass is 127. The molecule has 3 N–H and O–H groups in total. The van der Waals surface area contributed by atoms with Gasteiger partial charge in [-0.1, -0.05) is 19.3 Å². The lowest BCUT2D eigenvalue weighted by molar-refractivity contribution is -0.120. The third kappa shape index (κ3) is 9.01. The number of carbonyl (C=O) groups is 1. The van der Waals surface area contributed by atoms with Gasteiger partial charge in [-0.3, -0.25) is 9.79 Å². The maximum absolute atomic E-state index is 12.6. The van der Waals surface area contributed by atoms with Gasteiger partial charge < -0.3 is 25.4 Å². The Morgan fingerprint density at radius 2 is 1.97 bits per heavy atom. The molecule has 1 aliphatic carbocycles. The lowest BCUT2D eigenvalue weighted by atomic mass is 9.95. The van der Waals surface area contributed by atoms with E-state index in [2.05, 4.69) is 25.7 Å². The summed E-state index contributed by atoms with van der Waals surface area (Å²) >= 11 is 0. The molecule has 0 radical (unpaired) electrons. The molecule has 0 atom stereocenters. The van der Waals surface area contributed by atoms with Gasteiger partial charge in [-0.15, -0.1) is 24.0 Å². The number of carbonyl (C=O) groups excluding carboxylic acids is 1. The summed E-state index contributed by atoms with van der Waals surface area (Å²) in [6.45, 7) is -2.68. The zero-order chi connectivity index (χ0) is 20.4. The first kappa shape index (κ1) is 25.2. The van der Waals surface area contributed by atoms with Gasteiger partial charge in [-0.25, -0.2) is 0 Å². The molecule has 7 nitrogen and oxygen atoms in total. The highest BCUT2D eigenvalue weighted by molar-refractivity contribution is 14.0. The fraction of sp³-hybridized carbons (Fsp3) is 0.579. The topological polar surface area (TPSA) is 84.0 Å². The maximum atomic E-state index is 12.6. The number of benzene rings is 1. The molecule has 2 rings (SSSR count). The van der Waals surface area contributed by atoms with E-state index in [0.717, 1.165) is 25.7 Å². The molecule has 164 valence electrons. The van der Waals surface area contributed by atoms with Crippen LogP contribution >= 0.6 is 24.0 Å². The number of amides is 1. The predicted molar refractivity (Wildman–Crippen MR) is 118 cm³/mol. The van der Waals surface area contributed by atoms with Crippen LogP contribution in [0.1, 0.15) is 37.7 Å². The van der Waals surface area contributed by atoms with Gasteiger partial charge in [0.2, 0.25) is 5.91 Å². The summed E-state index contributed by atoms with van der Waals surface area (Å²) in [5.41, 5.74) is 0.481. The van der Waals surface area contributed by atoms with E-state index in [1.165, 1.54) is 19.6 Å². The molecule has 1 aliphatic rings. The highest BCUT2D eigenvalue weighted by Gasteiger charge is 2.16. The Balaban J connectivity index is 0.00000420. The summed E-state index contributed by atoms with van der Waals surface area (Å²) in [7, 11) is 3.06. The van der Waals surface area contributed by atoms with E-state index >= 15 is 0 Å². The second kappa shape index (κ2) is 13.4. The van der Waals surface area contributed by atoms with Crippen molar-refractivity contribution in [2.24, 2.45) is 4.99 Å². The van der Waals surface area contributed by atoms with Crippen molar-refractivity contribution in [2.75, 3.05) is 20.7 Å². The summed E-state index contributed by atoms with van der Waals surface area (Å²) in [4.78, 5) is 16.1. The van der Waals surface area contributed by atoms with Crippen molar-refractivity contribution >= 4 is 35.8 Å². The quantitative estimate of drug-likeness (QED) is 0.276. The average Bonchev–Trinajstić information content (AvgIpc) is 2.69. The molecule has 1 aromatic rings. The largest absolute Gasteiger partial charge is 0.497 e. The van der Waals surface area contributed by atoms with Crippen molar-refractivity contribution in [1.29, 1.82) is 0 Å².